The number of rotatable bonds is 9. The molecule has 2 aromatic rings. The van der Waals surface area contributed by atoms with Crippen LogP contribution in [0, 0.1) is 12.8 Å². The maximum absolute atomic E-state index is 12.5. The first kappa shape index (κ1) is 23.4. The summed E-state index contributed by atoms with van der Waals surface area (Å²) in [4.78, 5) is 23.8. The largest absolute Gasteiger partial charge is 0.504 e. The predicted molar refractivity (Wildman–Crippen MR) is 117 cm³/mol. The molecule has 2 atom stereocenters. The number of ether oxygens (including phenoxy) is 3. The lowest BCUT2D eigenvalue weighted by molar-refractivity contribution is -0.141. The van der Waals surface area contributed by atoms with Crippen molar-refractivity contribution >= 4 is 30.4 Å². The van der Waals surface area contributed by atoms with Crippen molar-refractivity contribution < 1.29 is 28.9 Å². The van der Waals surface area contributed by atoms with E-state index < -0.39 is 18.2 Å². The highest BCUT2D eigenvalue weighted by Crippen LogP contribution is 2.34. The van der Waals surface area contributed by atoms with Crippen LogP contribution in [0.25, 0.3) is 0 Å². The molecule has 0 saturated heterocycles. The molecule has 0 saturated carbocycles. The minimum absolute atomic E-state index is 0.000379. The van der Waals surface area contributed by atoms with E-state index in [9.17, 15) is 14.7 Å². The summed E-state index contributed by atoms with van der Waals surface area (Å²) in [6, 6.07) is 12.2. The molecule has 0 aliphatic heterocycles. The van der Waals surface area contributed by atoms with Crippen LogP contribution in [0.3, 0.4) is 0 Å². The van der Waals surface area contributed by atoms with Gasteiger partial charge in [0.05, 0.1) is 19.5 Å². The Labute approximate surface area is 181 Å². The van der Waals surface area contributed by atoms with Gasteiger partial charge in [-0.05, 0) is 43.2 Å². The zero-order valence-corrected chi connectivity index (χ0v) is 18.1. The number of methoxy groups -OCH3 is 1. The number of carbonyl (C=O) groups is 2. The highest BCUT2D eigenvalue weighted by Gasteiger charge is 2.25. The monoisotopic (exact) mass is 433 g/mol. The fraction of sp³-hybridized carbons (Fsp3) is 0.364. The summed E-state index contributed by atoms with van der Waals surface area (Å²) in [5.74, 6) is -0.357. The van der Waals surface area contributed by atoms with Gasteiger partial charge in [-0.1, -0.05) is 30.7 Å². The fourth-order valence-corrected chi connectivity index (χ4v) is 2.94. The van der Waals surface area contributed by atoms with Crippen LogP contribution < -0.4 is 10.1 Å². The van der Waals surface area contributed by atoms with Gasteiger partial charge in [-0.25, -0.2) is 4.79 Å². The van der Waals surface area contributed by atoms with Crippen LogP contribution >= 0.6 is 12.6 Å². The zero-order valence-electron chi connectivity index (χ0n) is 17.3. The molecule has 2 aromatic carbocycles. The third-order valence-electron chi connectivity index (χ3n) is 4.55. The molecule has 0 radical (unpaired) electrons. The van der Waals surface area contributed by atoms with E-state index in [4.69, 9.17) is 14.2 Å². The van der Waals surface area contributed by atoms with E-state index in [0.29, 0.717) is 23.4 Å². The lowest BCUT2D eigenvalue weighted by Gasteiger charge is -2.25. The van der Waals surface area contributed by atoms with Crippen molar-refractivity contribution in [3.05, 3.63) is 53.6 Å². The SMILES string of the molecule is COc1ccc([C@@H](OC(=O)Nc2ccc(C)cc2)[C@@H](C)CCOC(=O)CS)cc1O. The Balaban J connectivity index is 2.14. The van der Waals surface area contributed by atoms with Gasteiger partial charge < -0.3 is 19.3 Å². The number of benzene rings is 2. The molecule has 7 nitrogen and oxygen atoms in total. The molecule has 0 unspecified atom stereocenters. The van der Waals surface area contributed by atoms with Crippen molar-refractivity contribution in [1.29, 1.82) is 0 Å². The number of esters is 1. The normalized spacial score (nSPS) is 12.5. The van der Waals surface area contributed by atoms with E-state index in [-0.39, 0.29) is 24.0 Å². The molecule has 0 heterocycles. The summed E-state index contributed by atoms with van der Waals surface area (Å²) < 4.78 is 15.8. The molecule has 30 heavy (non-hydrogen) atoms. The maximum atomic E-state index is 12.5. The molecule has 0 fully saturated rings. The second-order valence-corrected chi connectivity index (χ2v) is 7.21. The van der Waals surface area contributed by atoms with E-state index in [2.05, 4.69) is 17.9 Å². The van der Waals surface area contributed by atoms with Crippen LogP contribution in [0.1, 0.15) is 30.6 Å². The maximum Gasteiger partial charge on any atom is 0.412 e. The number of hydrogen-bond acceptors (Lipinski definition) is 7. The zero-order chi connectivity index (χ0) is 22.1. The number of nitrogens with one attached hydrogen (secondary N) is 1. The molecule has 1 amide bonds. The standard InChI is InChI=1S/C22H27NO6S/c1-14-4-7-17(8-5-14)23-22(26)29-21(15(2)10-11-28-20(25)13-30)16-6-9-19(27-3)18(24)12-16/h4-9,12,15,21,24,30H,10-11,13H2,1-3H3,(H,23,26)/t15-,21-/m0/s1. The van der Waals surface area contributed by atoms with Crippen molar-refractivity contribution in [2.75, 3.05) is 24.8 Å². The van der Waals surface area contributed by atoms with Crippen molar-refractivity contribution in [2.45, 2.75) is 26.4 Å². The first-order chi connectivity index (χ1) is 14.3. The summed E-state index contributed by atoms with van der Waals surface area (Å²) in [6.45, 7) is 4.00. The molecule has 2 rings (SSSR count). The third kappa shape index (κ3) is 6.88. The van der Waals surface area contributed by atoms with Crippen molar-refractivity contribution in [3.63, 3.8) is 0 Å². The Bertz CT molecular complexity index is 855. The summed E-state index contributed by atoms with van der Waals surface area (Å²) in [5.41, 5.74) is 2.28. The Hall–Kier alpha value is -2.87. The van der Waals surface area contributed by atoms with Gasteiger partial charge in [0.2, 0.25) is 0 Å². The Morgan fingerprint density at radius 1 is 1.17 bits per heavy atom. The average Bonchev–Trinajstić information content (AvgIpc) is 2.73. The summed E-state index contributed by atoms with van der Waals surface area (Å²) in [5, 5.41) is 12.8. The highest BCUT2D eigenvalue weighted by atomic mass is 32.1. The van der Waals surface area contributed by atoms with Gasteiger partial charge in [-0.3, -0.25) is 10.1 Å². The lowest BCUT2D eigenvalue weighted by atomic mass is 9.94. The number of aryl methyl sites for hydroxylation is 1. The van der Waals surface area contributed by atoms with Crippen molar-refractivity contribution in [1.82, 2.24) is 0 Å². The Morgan fingerprint density at radius 2 is 1.87 bits per heavy atom. The minimum atomic E-state index is -0.679. The molecule has 2 N–H and O–H groups in total. The quantitative estimate of drug-likeness (QED) is 0.398. The Morgan fingerprint density at radius 3 is 2.47 bits per heavy atom. The van der Waals surface area contributed by atoms with Crippen LogP contribution in [0.5, 0.6) is 11.5 Å². The van der Waals surface area contributed by atoms with E-state index in [1.807, 2.05) is 26.0 Å². The molecule has 0 aliphatic carbocycles. The van der Waals surface area contributed by atoms with Gasteiger partial charge in [-0.15, -0.1) is 0 Å². The molecule has 0 aliphatic rings. The van der Waals surface area contributed by atoms with Crippen molar-refractivity contribution in [3.8, 4) is 11.5 Å². The lowest BCUT2D eigenvalue weighted by Crippen LogP contribution is -2.23. The van der Waals surface area contributed by atoms with Gasteiger partial charge in [0.25, 0.3) is 0 Å². The molecular formula is C22H27NO6S. The molecule has 0 aromatic heterocycles. The van der Waals surface area contributed by atoms with Gasteiger partial charge in [0.1, 0.15) is 6.10 Å². The molecule has 162 valence electrons. The second-order valence-electron chi connectivity index (χ2n) is 6.89. The van der Waals surface area contributed by atoms with Crippen LogP contribution in [-0.4, -0.2) is 36.6 Å². The Kier molecular flexibility index (Phi) is 8.86. The number of phenolic OH excluding ortho intramolecular Hbond substituents is 1. The number of amides is 1. The number of thiol groups is 1. The first-order valence-corrected chi connectivity index (χ1v) is 10.1. The van der Waals surface area contributed by atoms with Crippen LogP contribution in [0.2, 0.25) is 0 Å². The number of aromatic hydroxyl groups is 1. The minimum Gasteiger partial charge on any atom is -0.504 e. The first-order valence-electron chi connectivity index (χ1n) is 9.51. The van der Waals surface area contributed by atoms with E-state index in [1.54, 1.807) is 24.3 Å². The average molecular weight is 434 g/mol. The number of carbonyl (C=O) groups excluding carboxylic acids is 2. The molecule has 8 heteroatoms. The van der Waals surface area contributed by atoms with Gasteiger partial charge in [-0.2, -0.15) is 12.6 Å². The molecular weight excluding hydrogens is 406 g/mol. The van der Waals surface area contributed by atoms with Crippen LogP contribution in [0.4, 0.5) is 10.5 Å². The highest BCUT2D eigenvalue weighted by molar-refractivity contribution is 7.81. The van der Waals surface area contributed by atoms with Crippen LogP contribution in [0.15, 0.2) is 42.5 Å². The summed E-state index contributed by atoms with van der Waals surface area (Å²) in [7, 11) is 1.45. The predicted octanol–water partition coefficient (Wildman–Crippen LogP) is 4.50. The number of phenols is 1. The van der Waals surface area contributed by atoms with E-state index >= 15 is 0 Å². The summed E-state index contributed by atoms with van der Waals surface area (Å²) >= 11 is 3.88. The number of anilines is 1. The smallest absolute Gasteiger partial charge is 0.412 e. The molecule has 0 spiro atoms. The topological polar surface area (TPSA) is 94.1 Å². The second kappa shape index (κ2) is 11.3. The third-order valence-corrected chi connectivity index (χ3v) is 4.80. The van der Waals surface area contributed by atoms with Gasteiger partial charge >= 0.3 is 12.1 Å². The van der Waals surface area contributed by atoms with Crippen molar-refractivity contribution in [2.24, 2.45) is 5.92 Å². The van der Waals surface area contributed by atoms with E-state index in [1.165, 1.54) is 13.2 Å². The van der Waals surface area contributed by atoms with Gasteiger partial charge in [0, 0.05) is 11.6 Å². The number of hydrogen-bond donors (Lipinski definition) is 3. The fourth-order valence-electron chi connectivity index (χ4n) is 2.85. The van der Waals surface area contributed by atoms with Gasteiger partial charge in [0.15, 0.2) is 11.5 Å². The molecule has 0 bridgehead atoms. The van der Waals surface area contributed by atoms with Crippen LogP contribution in [-0.2, 0) is 14.3 Å². The van der Waals surface area contributed by atoms with E-state index in [0.717, 1.165) is 5.56 Å². The summed E-state index contributed by atoms with van der Waals surface area (Å²) in [6.07, 6.45) is -0.852.